The fraction of sp³-hybridized carbons (Fsp3) is 0.417. The lowest BCUT2D eigenvalue weighted by Crippen LogP contribution is -2.42. The lowest BCUT2D eigenvalue weighted by atomic mass is 9.95. The third kappa shape index (κ3) is 2.18. The van der Waals surface area contributed by atoms with E-state index in [9.17, 15) is 31.9 Å². The number of hydrogen-bond acceptors (Lipinski definition) is 3. The molecule has 2 rings (SSSR count). The number of ether oxygens (including phenoxy) is 1. The first-order valence-electron chi connectivity index (χ1n) is 5.49. The zero-order valence-electron chi connectivity index (χ0n) is 10.0. The Morgan fingerprint density at radius 2 is 1.90 bits per heavy atom. The number of methoxy groups -OCH3 is 1. The topological polar surface area (TPSA) is 46.5 Å². The van der Waals surface area contributed by atoms with E-state index in [1.165, 1.54) is 0 Å². The number of benzene rings is 1. The summed E-state index contributed by atoms with van der Waals surface area (Å²) in [5.41, 5.74) is -1.22. The molecule has 0 amide bonds. The monoisotopic (exact) mass is 296 g/mol. The van der Waals surface area contributed by atoms with E-state index in [0.29, 0.717) is 12.1 Å². The average Bonchev–Trinajstić information content (AvgIpc) is 2.53. The van der Waals surface area contributed by atoms with Crippen LogP contribution >= 0.6 is 0 Å². The molecule has 110 valence electrons. The van der Waals surface area contributed by atoms with Gasteiger partial charge in [-0.1, -0.05) is 0 Å². The molecule has 0 spiro atoms. The van der Waals surface area contributed by atoms with Gasteiger partial charge in [-0.3, -0.25) is 4.79 Å². The smallest absolute Gasteiger partial charge is 0.388 e. The molecule has 3 atom stereocenters. The van der Waals surface area contributed by atoms with Crippen molar-refractivity contribution < 1.29 is 36.6 Å². The molecular weight excluding hydrogens is 287 g/mol. The van der Waals surface area contributed by atoms with Crippen molar-refractivity contribution in [1.82, 2.24) is 0 Å². The van der Waals surface area contributed by atoms with Crippen molar-refractivity contribution in [1.29, 1.82) is 0 Å². The number of aliphatic hydroxyl groups is 1. The molecule has 3 nitrogen and oxygen atoms in total. The number of carbonyl (C=O) groups is 1. The summed E-state index contributed by atoms with van der Waals surface area (Å²) in [6.07, 6.45) is -9.50. The Balaban J connectivity index is 2.52. The summed E-state index contributed by atoms with van der Waals surface area (Å²) in [6, 6.07) is 1.02. The second kappa shape index (κ2) is 4.78. The summed E-state index contributed by atoms with van der Waals surface area (Å²) in [7, 11) is 0.720. The number of halogens is 5. The van der Waals surface area contributed by atoms with E-state index >= 15 is 0 Å². The first kappa shape index (κ1) is 14.9. The quantitative estimate of drug-likeness (QED) is 0.852. The number of hydrogen-bond donors (Lipinski definition) is 1. The molecule has 1 N–H and O–H groups in total. The number of carbonyl (C=O) groups excluding carboxylic acids is 1. The number of Topliss-reactive ketones (excluding diaryl/α,β-unsaturated/α-hetero) is 1. The number of fused-ring (bicyclic) bond motifs is 1. The minimum atomic E-state index is -4.92. The van der Waals surface area contributed by atoms with E-state index in [1.807, 2.05) is 0 Å². The highest BCUT2D eigenvalue weighted by atomic mass is 19.4. The summed E-state index contributed by atoms with van der Waals surface area (Å²) in [5.74, 6) is -5.70. The molecule has 0 fully saturated rings. The van der Waals surface area contributed by atoms with Crippen LogP contribution in [0.2, 0.25) is 0 Å². The lowest BCUT2D eigenvalue weighted by Gasteiger charge is -2.25. The minimum absolute atomic E-state index is 0.376. The molecule has 1 aliphatic carbocycles. The van der Waals surface area contributed by atoms with Crippen molar-refractivity contribution in [3.8, 4) is 0 Å². The van der Waals surface area contributed by atoms with Gasteiger partial charge in [-0.05, 0) is 11.6 Å². The van der Waals surface area contributed by atoms with Gasteiger partial charge in [-0.2, -0.15) is 13.2 Å². The highest BCUT2D eigenvalue weighted by Gasteiger charge is 2.55. The lowest BCUT2D eigenvalue weighted by molar-refractivity contribution is -0.230. The van der Waals surface area contributed by atoms with E-state index in [4.69, 9.17) is 0 Å². The zero-order valence-corrected chi connectivity index (χ0v) is 10.0. The molecular formula is C12H9F5O3. The van der Waals surface area contributed by atoms with Crippen molar-refractivity contribution in [3.05, 3.63) is 34.9 Å². The second-order valence-electron chi connectivity index (χ2n) is 4.38. The minimum Gasteiger partial charge on any atom is -0.388 e. The Morgan fingerprint density at radius 3 is 2.40 bits per heavy atom. The van der Waals surface area contributed by atoms with Crippen LogP contribution in [0, 0.1) is 17.6 Å². The van der Waals surface area contributed by atoms with Crippen LogP contribution in [0.4, 0.5) is 22.0 Å². The Hall–Kier alpha value is -1.54. The summed E-state index contributed by atoms with van der Waals surface area (Å²) >= 11 is 0. The van der Waals surface area contributed by atoms with Crippen molar-refractivity contribution in [3.63, 3.8) is 0 Å². The molecule has 0 radical (unpaired) electrons. The van der Waals surface area contributed by atoms with Crippen LogP contribution in [0.15, 0.2) is 12.1 Å². The molecule has 0 bridgehead atoms. The van der Waals surface area contributed by atoms with E-state index in [0.717, 1.165) is 7.11 Å². The summed E-state index contributed by atoms with van der Waals surface area (Å²) in [6.45, 7) is 0. The number of alkyl halides is 3. The molecule has 8 heteroatoms. The third-order valence-corrected chi connectivity index (χ3v) is 3.20. The summed E-state index contributed by atoms with van der Waals surface area (Å²) < 4.78 is 69.1. The van der Waals surface area contributed by atoms with Crippen molar-refractivity contribution in [2.24, 2.45) is 5.92 Å². The van der Waals surface area contributed by atoms with Crippen LogP contribution < -0.4 is 0 Å². The van der Waals surface area contributed by atoms with Crippen LogP contribution in [0.5, 0.6) is 0 Å². The molecule has 20 heavy (non-hydrogen) atoms. The summed E-state index contributed by atoms with van der Waals surface area (Å²) in [4.78, 5) is 11.9. The normalized spacial score (nSPS) is 23.9. The fourth-order valence-electron chi connectivity index (χ4n) is 2.38. The molecule has 1 aromatic rings. The van der Waals surface area contributed by atoms with Crippen molar-refractivity contribution >= 4 is 5.78 Å². The molecule has 1 aromatic carbocycles. The number of aliphatic hydroxyl groups excluding tert-OH is 1. The molecule has 0 heterocycles. The molecule has 0 aliphatic heterocycles. The predicted octanol–water partition coefficient (Wildman–Crippen LogP) is 2.39. The first-order chi connectivity index (χ1) is 9.18. The van der Waals surface area contributed by atoms with Crippen LogP contribution in [0.1, 0.15) is 22.0 Å². The fourth-order valence-corrected chi connectivity index (χ4v) is 2.38. The standard InChI is InChI=1S/C12H9F5O3/c1-20-11(12(15,16)17)8-9(18)5-2-4(13)3-6(14)7(5)10(8)19/h2-3,8-9,11,18H,1H3. The van der Waals surface area contributed by atoms with Gasteiger partial charge in [-0.15, -0.1) is 0 Å². The number of rotatable bonds is 2. The second-order valence-corrected chi connectivity index (χ2v) is 4.38. The Kier molecular flexibility index (Phi) is 3.55. The Morgan fingerprint density at radius 1 is 1.30 bits per heavy atom. The van der Waals surface area contributed by atoms with Crippen molar-refractivity contribution in [2.75, 3.05) is 7.11 Å². The zero-order chi connectivity index (χ0) is 15.2. The maximum Gasteiger partial charge on any atom is 0.415 e. The maximum atomic E-state index is 13.5. The van der Waals surface area contributed by atoms with Crippen LogP contribution in [0.3, 0.4) is 0 Å². The van der Waals surface area contributed by atoms with E-state index in [-0.39, 0.29) is 0 Å². The molecule has 3 unspecified atom stereocenters. The Labute approximate surface area is 110 Å². The van der Waals surface area contributed by atoms with E-state index in [2.05, 4.69) is 4.74 Å². The third-order valence-electron chi connectivity index (χ3n) is 3.20. The van der Waals surface area contributed by atoms with Gasteiger partial charge < -0.3 is 9.84 Å². The average molecular weight is 296 g/mol. The SMILES string of the molecule is COC(C1C(=O)c2c(F)cc(F)cc2C1O)C(F)(F)F. The highest BCUT2D eigenvalue weighted by Crippen LogP contribution is 2.44. The molecule has 0 saturated heterocycles. The van der Waals surface area contributed by atoms with Crippen LogP contribution in [-0.2, 0) is 4.74 Å². The molecule has 0 aromatic heterocycles. The van der Waals surface area contributed by atoms with Gasteiger partial charge in [0.1, 0.15) is 11.6 Å². The van der Waals surface area contributed by atoms with Gasteiger partial charge in [-0.25, -0.2) is 8.78 Å². The maximum absolute atomic E-state index is 13.5. The van der Waals surface area contributed by atoms with E-state index in [1.54, 1.807) is 0 Å². The van der Waals surface area contributed by atoms with Crippen LogP contribution in [-0.4, -0.2) is 30.3 Å². The van der Waals surface area contributed by atoms with Gasteiger partial charge in [0.15, 0.2) is 11.9 Å². The highest BCUT2D eigenvalue weighted by molar-refractivity contribution is 6.03. The van der Waals surface area contributed by atoms with Crippen LogP contribution in [0.25, 0.3) is 0 Å². The van der Waals surface area contributed by atoms with Gasteiger partial charge in [0.05, 0.1) is 17.6 Å². The summed E-state index contributed by atoms with van der Waals surface area (Å²) in [5, 5.41) is 9.79. The molecule has 0 saturated carbocycles. The van der Waals surface area contributed by atoms with Gasteiger partial charge in [0.25, 0.3) is 0 Å². The number of ketones is 1. The molecule has 1 aliphatic rings. The van der Waals surface area contributed by atoms with Gasteiger partial charge in [0, 0.05) is 13.2 Å². The Bertz CT molecular complexity index is 555. The van der Waals surface area contributed by atoms with Gasteiger partial charge >= 0.3 is 6.18 Å². The van der Waals surface area contributed by atoms with Gasteiger partial charge in [0.2, 0.25) is 0 Å². The largest absolute Gasteiger partial charge is 0.415 e. The van der Waals surface area contributed by atoms with Crippen molar-refractivity contribution in [2.45, 2.75) is 18.4 Å². The first-order valence-corrected chi connectivity index (χ1v) is 5.49. The predicted molar refractivity (Wildman–Crippen MR) is 56.0 cm³/mol. The van der Waals surface area contributed by atoms with E-state index < -0.39 is 52.8 Å².